The van der Waals surface area contributed by atoms with Gasteiger partial charge in [-0.05, 0) is 25.5 Å². The number of morpholine rings is 1. The average Bonchev–Trinajstić information content (AvgIpc) is 2.87. The summed E-state index contributed by atoms with van der Waals surface area (Å²) in [6.45, 7) is 4.31. The minimum atomic E-state index is -0.732. The van der Waals surface area contributed by atoms with Gasteiger partial charge in [-0.1, -0.05) is 0 Å². The molecule has 150 valence electrons. The number of hydrogen-bond donors (Lipinski definition) is 2. The van der Waals surface area contributed by atoms with Crippen molar-refractivity contribution in [2.24, 2.45) is 0 Å². The summed E-state index contributed by atoms with van der Waals surface area (Å²) in [4.78, 5) is 45.8. The smallest absolute Gasteiger partial charge is 0.256 e. The molecule has 0 bridgehead atoms. The molecule has 28 heavy (non-hydrogen) atoms. The molecular weight excluding hydrogens is 362 g/mol. The van der Waals surface area contributed by atoms with Crippen LogP contribution in [0.5, 0.6) is 0 Å². The van der Waals surface area contributed by atoms with Gasteiger partial charge in [0.05, 0.1) is 18.8 Å². The van der Waals surface area contributed by atoms with E-state index in [-0.39, 0.29) is 24.1 Å². The van der Waals surface area contributed by atoms with Crippen LogP contribution in [0.2, 0.25) is 0 Å². The van der Waals surface area contributed by atoms with Crippen LogP contribution in [0, 0.1) is 0 Å². The number of aromatic nitrogens is 1. The van der Waals surface area contributed by atoms with Crippen molar-refractivity contribution in [3.05, 3.63) is 23.9 Å². The highest BCUT2D eigenvalue weighted by molar-refractivity contribution is 6.01. The number of ether oxygens (including phenoxy) is 1. The van der Waals surface area contributed by atoms with Gasteiger partial charge in [-0.15, -0.1) is 0 Å². The predicted octanol–water partition coefficient (Wildman–Crippen LogP) is 0.193. The Morgan fingerprint density at radius 3 is 2.79 bits per heavy atom. The fourth-order valence-corrected chi connectivity index (χ4v) is 4.10. The Balaban J connectivity index is 1.49. The topological polar surface area (TPSA) is 104 Å². The first-order valence-electron chi connectivity index (χ1n) is 9.71. The fraction of sp³-hybridized carbons (Fsp3) is 0.579. The maximum absolute atomic E-state index is 12.8. The molecule has 2 fully saturated rings. The van der Waals surface area contributed by atoms with E-state index >= 15 is 0 Å². The predicted molar refractivity (Wildman–Crippen MR) is 100 cm³/mol. The second kappa shape index (κ2) is 7.38. The second-order valence-corrected chi connectivity index (χ2v) is 7.51. The van der Waals surface area contributed by atoms with Gasteiger partial charge in [0.25, 0.3) is 5.91 Å². The summed E-state index contributed by atoms with van der Waals surface area (Å²) >= 11 is 0. The summed E-state index contributed by atoms with van der Waals surface area (Å²) in [6.07, 6.45) is 2.83. The van der Waals surface area contributed by atoms with E-state index in [1.807, 2.05) is 0 Å². The number of amides is 3. The Labute approximate surface area is 163 Å². The number of nitrogens with one attached hydrogen (secondary N) is 2. The first-order valence-corrected chi connectivity index (χ1v) is 9.71. The third-order valence-electron chi connectivity index (χ3n) is 5.78. The van der Waals surface area contributed by atoms with E-state index in [4.69, 9.17) is 4.74 Å². The number of likely N-dealkylation sites (tertiary alicyclic amines) is 1. The SMILES string of the molecule is CC(C(=O)N1CCOCC1)N1CCC2(CCC1=O)NC(=O)c1cccnc1N2. The molecule has 1 aromatic rings. The second-order valence-electron chi connectivity index (χ2n) is 7.51. The molecule has 3 aliphatic heterocycles. The normalized spacial score (nSPS) is 26.2. The lowest BCUT2D eigenvalue weighted by atomic mass is 9.97. The van der Waals surface area contributed by atoms with Gasteiger partial charge in [0.15, 0.2) is 0 Å². The van der Waals surface area contributed by atoms with Crippen molar-refractivity contribution in [1.29, 1.82) is 0 Å². The van der Waals surface area contributed by atoms with Crippen molar-refractivity contribution in [3.8, 4) is 0 Å². The highest BCUT2D eigenvalue weighted by Gasteiger charge is 2.42. The summed E-state index contributed by atoms with van der Waals surface area (Å²) in [7, 11) is 0. The largest absolute Gasteiger partial charge is 0.378 e. The van der Waals surface area contributed by atoms with Gasteiger partial charge in [-0.25, -0.2) is 4.98 Å². The average molecular weight is 387 g/mol. The third kappa shape index (κ3) is 3.42. The molecule has 9 heteroatoms. The molecule has 4 heterocycles. The Kier molecular flexibility index (Phi) is 4.92. The first kappa shape index (κ1) is 18.7. The maximum Gasteiger partial charge on any atom is 0.256 e. The van der Waals surface area contributed by atoms with Crippen molar-refractivity contribution in [2.45, 2.75) is 37.9 Å². The van der Waals surface area contributed by atoms with E-state index in [9.17, 15) is 14.4 Å². The molecule has 0 aliphatic carbocycles. The van der Waals surface area contributed by atoms with Crippen LogP contribution in [0.1, 0.15) is 36.5 Å². The molecule has 3 amide bonds. The van der Waals surface area contributed by atoms with Crippen LogP contribution < -0.4 is 10.6 Å². The number of nitrogens with zero attached hydrogens (tertiary/aromatic N) is 3. The fourth-order valence-electron chi connectivity index (χ4n) is 4.10. The van der Waals surface area contributed by atoms with E-state index in [1.165, 1.54) is 0 Å². The van der Waals surface area contributed by atoms with E-state index in [0.29, 0.717) is 57.1 Å². The highest BCUT2D eigenvalue weighted by Crippen LogP contribution is 2.31. The quantitative estimate of drug-likeness (QED) is 0.751. The van der Waals surface area contributed by atoms with Crippen LogP contribution in [0.15, 0.2) is 18.3 Å². The molecule has 3 aliphatic rings. The zero-order valence-corrected chi connectivity index (χ0v) is 15.9. The summed E-state index contributed by atoms with van der Waals surface area (Å²) in [5, 5.41) is 6.34. The summed E-state index contributed by atoms with van der Waals surface area (Å²) < 4.78 is 5.30. The lowest BCUT2D eigenvalue weighted by Gasteiger charge is -2.39. The lowest BCUT2D eigenvalue weighted by molar-refractivity contribution is -0.147. The summed E-state index contributed by atoms with van der Waals surface area (Å²) in [6, 6.07) is 2.90. The van der Waals surface area contributed by atoms with E-state index in [2.05, 4.69) is 15.6 Å². The minimum absolute atomic E-state index is 0.0553. The molecule has 0 saturated carbocycles. The molecule has 4 rings (SSSR count). The zero-order chi connectivity index (χ0) is 19.7. The van der Waals surface area contributed by atoms with Gasteiger partial charge in [-0.2, -0.15) is 0 Å². The maximum atomic E-state index is 12.8. The van der Waals surface area contributed by atoms with Gasteiger partial charge in [0, 0.05) is 38.7 Å². The van der Waals surface area contributed by atoms with Crippen LogP contribution in [-0.4, -0.2) is 77.1 Å². The van der Waals surface area contributed by atoms with E-state index in [0.717, 1.165) is 0 Å². The molecule has 2 saturated heterocycles. The van der Waals surface area contributed by atoms with Gasteiger partial charge < -0.3 is 25.2 Å². The Morgan fingerprint density at radius 2 is 2.00 bits per heavy atom. The standard InChI is InChI=1S/C19H25N5O4/c1-13(18(27)23-9-11-28-12-10-23)24-8-6-19(5-4-15(24)25)21-16-14(17(26)22-19)3-2-7-20-16/h2-3,7,13H,4-6,8-12H2,1H3,(H,20,21)(H,22,26). The molecule has 1 spiro atoms. The van der Waals surface area contributed by atoms with Crippen molar-refractivity contribution in [3.63, 3.8) is 0 Å². The zero-order valence-electron chi connectivity index (χ0n) is 15.9. The third-order valence-corrected chi connectivity index (χ3v) is 5.78. The Morgan fingerprint density at radius 1 is 1.21 bits per heavy atom. The Bertz CT molecular complexity index is 794. The molecule has 2 N–H and O–H groups in total. The van der Waals surface area contributed by atoms with Crippen LogP contribution in [0.4, 0.5) is 5.82 Å². The number of carbonyl (C=O) groups is 3. The number of rotatable bonds is 2. The highest BCUT2D eigenvalue weighted by atomic mass is 16.5. The molecule has 1 aromatic heterocycles. The van der Waals surface area contributed by atoms with Crippen molar-refractivity contribution in [2.75, 3.05) is 38.2 Å². The van der Waals surface area contributed by atoms with Crippen LogP contribution in [-0.2, 0) is 14.3 Å². The van der Waals surface area contributed by atoms with Gasteiger partial charge in [-0.3, -0.25) is 14.4 Å². The van der Waals surface area contributed by atoms with Crippen LogP contribution in [0.25, 0.3) is 0 Å². The lowest BCUT2D eigenvalue weighted by Crippen LogP contribution is -2.58. The monoisotopic (exact) mass is 387 g/mol. The van der Waals surface area contributed by atoms with Gasteiger partial charge in [0.1, 0.15) is 17.5 Å². The molecule has 9 nitrogen and oxygen atoms in total. The van der Waals surface area contributed by atoms with Crippen molar-refractivity contribution >= 4 is 23.5 Å². The number of fused-ring (bicyclic) bond motifs is 1. The van der Waals surface area contributed by atoms with Crippen LogP contribution >= 0.6 is 0 Å². The Hall–Kier alpha value is -2.68. The van der Waals surface area contributed by atoms with Gasteiger partial charge >= 0.3 is 0 Å². The van der Waals surface area contributed by atoms with Crippen molar-refractivity contribution in [1.82, 2.24) is 20.1 Å². The molecule has 2 atom stereocenters. The summed E-state index contributed by atoms with van der Waals surface area (Å²) in [5.41, 5.74) is -0.235. The molecule has 0 radical (unpaired) electrons. The number of pyridine rings is 1. The van der Waals surface area contributed by atoms with Crippen LogP contribution in [0.3, 0.4) is 0 Å². The first-order chi connectivity index (χ1) is 13.5. The van der Waals surface area contributed by atoms with E-state index in [1.54, 1.807) is 35.1 Å². The minimum Gasteiger partial charge on any atom is -0.378 e. The molecular formula is C19H25N5O4. The molecule has 0 aromatic carbocycles. The number of carbonyl (C=O) groups excluding carboxylic acids is 3. The van der Waals surface area contributed by atoms with Crippen molar-refractivity contribution < 1.29 is 19.1 Å². The molecule has 2 unspecified atom stereocenters. The van der Waals surface area contributed by atoms with E-state index < -0.39 is 11.7 Å². The number of hydrogen-bond acceptors (Lipinski definition) is 6. The number of anilines is 1. The van der Waals surface area contributed by atoms with Gasteiger partial charge in [0.2, 0.25) is 11.8 Å². The summed E-state index contributed by atoms with van der Waals surface area (Å²) in [5.74, 6) is 0.207.